The molecule has 1 heterocycles. The molecule has 0 amide bonds. The molecule has 1 aliphatic rings. The normalized spacial score (nSPS) is 21.5. The molecule has 0 aromatic heterocycles. The van der Waals surface area contributed by atoms with Crippen LogP contribution in [0.4, 0.5) is 0 Å². The Morgan fingerprint density at radius 3 is 2.71 bits per heavy atom. The maximum absolute atomic E-state index is 4.25. The minimum atomic E-state index is 0.822. The van der Waals surface area contributed by atoms with Gasteiger partial charge in [0.25, 0.3) is 0 Å². The van der Waals surface area contributed by atoms with Crippen molar-refractivity contribution in [3.8, 4) is 0 Å². The summed E-state index contributed by atoms with van der Waals surface area (Å²) in [5, 5.41) is 0. The second-order valence-corrected chi connectivity index (χ2v) is 5.77. The Morgan fingerprint density at radius 2 is 2.00 bits per heavy atom. The standard InChI is InChI=1S/C14H30N2S/c1-3-16-11-8-9-14(16)13-15(2)10-6-4-5-7-12-17/h14,17H,3-13H2,1-2H3. The molecule has 0 radical (unpaired) electrons. The first-order valence-corrected chi connectivity index (χ1v) is 7.94. The van der Waals surface area contributed by atoms with Gasteiger partial charge in [-0.1, -0.05) is 19.8 Å². The largest absolute Gasteiger partial charge is 0.305 e. The second kappa shape index (κ2) is 9.23. The molecule has 0 saturated carbocycles. The van der Waals surface area contributed by atoms with E-state index in [0.717, 1.165) is 11.8 Å². The summed E-state index contributed by atoms with van der Waals surface area (Å²) < 4.78 is 0. The van der Waals surface area contributed by atoms with Crippen LogP contribution in [0.1, 0.15) is 45.4 Å². The monoisotopic (exact) mass is 258 g/mol. The average molecular weight is 258 g/mol. The number of likely N-dealkylation sites (tertiary alicyclic amines) is 1. The highest BCUT2D eigenvalue weighted by molar-refractivity contribution is 7.80. The summed E-state index contributed by atoms with van der Waals surface area (Å²) in [6, 6.07) is 0.822. The van der Waals surface area contributed by atoms with Crippen molar-refractivity contribution in [2.45, 2.75) is 51.5 Å². The molecule has 0 bridgehead atoms. The van der Waals surface area contributed by atoms with Gasteiger partial charge in [-0.05, 0) is 58.1 Å². The lowest BCUT2D eigenvalue weighted by molar-refractivity contribution is 0.197. The van der Waals surface area contributed by atoms with Crippen molar-refractivity contribution in [3.05, 3.63) is 0 Å². The molecule has 0 spiro atoms. The van der Waals surface area contributed by atoms with Crippen LogP contribution in [0.3, 0.4) is 0 Å². The fraction of sp³-hybridized carbons (Fsp3) is 1.00. The maximum atomic E-state index is 4.25. The topological polar surface area (TPSA) is 6.48 Å². The summed E-state index contributed by atoms with van der Waals surface area (Å²) in [4.78, 5) is 5.16. The molecular weight excluding hydrogens is 228 g/mol. The van der Waals surface area contributed by atoms with Crippen molar-refractivity contribution < 1.29 is 0 Å². The Balaban J connectivity index is 2.05. The van der Waals surface area contributed by atoms with Gasteiger partial charge < -0.3 is 4.90 Å². The molecule has 1 fully saturated rings. The quantitative estimate of drug-likeness (QED) is 0.502. The van der Waals surface area contributed by atoms with Crippen LogP contribution >= 0.6 is 12.6 Å². The van der Waals surface area contributed by atoms with E-state index >= 15 is 0 Å². The van der Waals surface area contributed by atoms with E-state index in [1.165, 1.54) is 64.7 Å². The molecule has 1 unspecified atom stereocenters. The van der Waals surface area contributed by atoms with Gasteiger partial charge in [0.05, 0.1) is 0 Å². The van der Waals surface area contributed by atoms with E-state index in [9.17, 15) is 0 Å². The lowest BCUT2D eigenvalue weighted by Crippen LogP contribution is -2.39. The Labute approximate surface area is 113 Å². The molecule has 102 valence electrons. The molecule has 17 heavy (non-hydrogen) atoms. The van der Waals surface area contributed by atoms with Gasteiger partial charge >= 0.3 is 0 Å². The van der Waals surface area contributed by atoms with Crippen molar-refractivity contribution >= 4 is 12.6 Å². The van der Waals surface area contributed by atoms with Crippen LogP contribution < -0.4 is 0 Å². The molecule has 2 nitrogen and oxygen atoms in total. The summed E-state index contributed by atoms with van der Waals surface area (Å²) in [5.41, 5.74) is 0. The van der Waals surface area contributed by atoms with Gasteiger partial charge in [-0.3, -0.25) is 4.90 Å². The highest BCUT2D eigenvalue weighted by Crippen LogP contribution is 2.17. The Bertz CT molecular complexity index is 187. The van der Waals surface area contributed by atoms with Gasteiger partial charge in [0.15, 0.2) is 0 Å². The van der Waals surface area contributed by atoms with Crippen molar-refractivity contribution in [2.24, 2.45) is 0 Å². The van der Waals surface area contributed by atoms with Crippen molar-refractivity contribution in [1.29, 1.82) is 0 Å². The van der Waals surface area contributed by atoms with Crippen molar-refractivity contribution in [1.82, 2.24) is 9.80 Å². The smallest absolute Gasteiger partial charge is 0.0223 e. The molecule has 0 aromatic rings. The van der Waals surface area contributed by atoms with E-state index in [-0.39, 0.29) is 0 Å². The van der Waals surface area contributed by atoms with E-state index in [0.29, 0.717) is 0 Å². The second-order valence-electron chi connectivity index (χ2n) is 5.32. The predicted molar refractivity (Wildman–Crippen MR) is 80.1 cm³/mol. The van der Waals surface area contributed by atoms with E-state index in [1.54, 1.807) is 0 Å². The molecule has 0 aliphatic carbocycles. The van der Waals surface area contributed by atoms with Crippen molar-refractivity contribution in [3.63, 3.8) is 0 Å². The molecule has 1 atom stereocenters. The number of thiol groups is 1. The first-order valence-electron chi connectivity index (χ1n) is 7.31. The number of hydrogen-bond acceptors (Lipinski definition) is 3. The fourth-order valence-electron chi connectivity index (χ4n) is 2.82. The average Bonchev–Trinajstić information content (AvgIpc) is 2.76. The van der Waals surface area contributed by atoms with Crippen molar-refractivity contribution in [2.75, 3.05) is 39.0 Å². The minimum Gasteiger partial charge on any atom is -0.305 e. The molecule has 1 rings (SSSR count). The van der Waals surface area contributed by atoms with E-state index in [1.807, 2.05) is 0 Å². The number of likely N-dealkylation sites (N-methyl/N-ethyl adjacent to an activating group) is 2. The van der Waals surface area contributed by atoms with E-state index < -0.39 is 0 Å². The Kier molecular flexibility index (Phi) is 8.33. The third-order valence-corrected chi connectivity index (χ3v) is 4.19. The van der Waals surface area contributed by atoms with Gasteiger partial charge in [-0.15, -0.1) is 0 Å². The zero-order valence-electron chi connectivity index (χ0n) is 11.7. The Morgan fingerprint density at radius 1 is 1.24 bits per heavy atom. The van der Waals surface area contributed by atoms with Crippen LogP contribution in [0.25, 0.3) is 0 Å². The summed E-state index contributed by atoms with van der Waals surface area (Å²) >= 11 is 4.25. The highest BCUT2D eigenvalue weighted by atomic mass is 32.1. The maximum Gasteiger partial charge on any atom is 0.0223 e. The zero-order valence-corrected chi connectivity index (χ0v) is 12.6. The predicted octanol–water partition coefficient (Wildman–Crippen LogP) is 2.89. The van der Waals surface area contributed by atoms with Crippen LogP contribution in [0.2, 0.25) is 0 Å². The van der Waals surface area contributed by atoms with Crippen LogP contribution in [-0.4, -0.2) is 54.8 Å². The lowest BCUT2D eigenvalue weighted by atomic mass is 10.1. The minimum absolute atomic E-state index is 0.822. The molecule has 0 N–H and O–H groups in total. The van der Waals surface area contributed by atoms with Gasteiger partial charge in [0, 0.05) is 12.6 Å². The van der Waals surface area contributed by atoms with Gasteiger partial charge in [-0.25, -0.2) is 0 Å². The first kappa shape index (κ1) is 15.3. The molecule has 1 aliphatic heterocycles. The summed E-state index contributed by atoms with van der Waals surface area (Å²) in [6.07, 6.45) is 8.14. The number of hydrogen-bond donors (Lipinski definition) is 1. The van der Waals surface area contributed by atoms with Crippen LogP contribution in [0.5, 0.6) is 0 Å². The third-order valence-electron chi connectivity index (χ3n) is 3.88. The molecule has 0 aromatic carbocycles. The number of rotatable bonds is 9. The summed E-state index contributed by atoms with van der Waals surface area (Å²) in [6.45, 7) is 7.36. The molecule has 1 saturated heterocycles. The third kappa shape index (κ3) is 6.12. The fourth-order valence-corrected chi connectivity index (χ4v) is 3.04. The number of nitrogens with zero attached hydrogens (tertiary/aromatic N) is 2. The SMILES string of the molecule is CCN1CCCC1CN(C)CCCCCCS. The van der Waals surface area contributed by atoms with Gasteiger partial charge in [0.2, 0.25) is 0 Å². The lowest BCUT2D eigenvalue weighted by Gasteiger charge is -2.27. The summed E-state index contributed by atoms with van der Waals surface area (Å²) in [5.74, 6) is 1.05. The van der Waals surface area contributed by atoms with E-state index in [2.05, 4.69) is 36.4 Å². The first-order chi connectivity index (χ1) is 8.27. The van der Waals surface area contributed by atoms with Gasteiger partial charge in [-0.2, -0.15) is 12.6 Å². The van der Waals surface area contributed by atoms with E-state index in [4.69, 9.17) is 0 Å². The molecular formula is C14H30N2S. The number of unbranched alkanes of at least 4 members (excludes halogenated alkanes) is 3. The van der Waals surface area contributed by atoms with Crippen LogP contribution in [-0.2, 0) is 0 Å². The zero-order chi connectivity index (χ0) is 12.5. The highest BCUT2D eigenvalue weighted by Gasteiger charge is 2.23. The van der Waals surface area contributed by atoms with Crippen LogP contribution in [0.15, 0.2) is 0 Å². The molecule has 3 heteroatoms. The Hall–Kier alpha value is 0.270. The van der Waals surface area contributed by atoms with Crippen LogP contribution in [0, 0.1) is 0 Å². The summed E-state index contributed by atoms with van der Waals surface area (Å²) in [7, 11) is 2.28. The van der Waals surface area contributed by atoms with Gasteiger partial charge in [0.1, 0.15) is 0 Å².